The van der Waals surface area contributed by atoms with E-state index in [0.717, 1.165) is 0 Å². The number of nitriles is 1. The molecule has 0 atom stereocenters. The summed E-state index contributed by atoms with van der Waals surface area (Å²) in [6.07, 6.45) is 0. The monoisotopic (exact) mass is 318 g/mol. The van der Waals surface area contributed by atoms with Crippen molar-refractivity contribution in [1.29, 1.82) is 5.26 Å². The summed E-state index contributed by atoms with van der Waals surface area (Å²) in [5.74, 6) is -0.0539. The lowest BCUT2D eigenvalue weighted by molar-refractivity contribution is 0.477. The molecule has 2 N–H and O–H groups in total. The van der Waals surface area contributed by atoms with Crippen LogP contribution in [0.4, 0.5) is 5.69 Å². The lowest BCUT2D eigenvalue weighted by Crippen LogP contribution is -2.20. The Morgan fingerprint density at radius 1 is 1.17 bits per heavy atom. The van der Waals surface area contributed by atoms with Gasteiger partial charge in [-0.15, -0.1) is 0 Å². The lowest BCUT2D eigenvalue weighted by atomic mass is 10.1. The molecule has 1 heterocycles. The van der Waals surface area contributed by atoms with Crippen molar-refractivity contribution in [3.8, 4) is 17.5 Å². The Hall–Kier alpha value is -3.59. The molecule has 0 amide bonds. The van der Waals surface area contributed by atoms with E-state index in [-0.39, 0.29) is 28.3 Å². The van der Waals surface area contributed by atoms with Gasteiger partial charge in [0.2, 0.25) is 0 Å². The second kappa shape index (κ2) is 6.26. The van der Waals surface area contributed by atoms with E-state index in [9.17, 15) is 15.2 Å². The van der Waals surface area contributed by atoms with Gasteiger partial charge >= 0.3 is 0 Å². The fourth-order valence-electron chi connectivity index (χ4n) is 2.40. The van der Waals surface area contributed by atoms with Crippen LogP contribution >= 0.6 is 0 Å². The molecule has 0 bridgehead atoms. The number of H-pyrrole nitrogens is 1. The largest absolute Gasteiger partial charge is 0.506 e. The number of aromatic nitrogens is 2. The normalized spacial score (nSPS) is 11.2. The number of hydrogen-bond acceptors (Lipinski definition) is 4. The fourth-order valence-corrected chi connectivity index (χ4v) is 2.40. The number of nitrogens with one attached hydrogen (secondary N) is 1. The summed E-state index contributed by atoms with van der Waals surface area (Å²) in [4.78, 5) is 16.9. The molecule has 0 spiro atoms. The fraction of sp³-hybridized carbons (Fsp3) is 0.0556. The minimum Gasteiger partial charge on any atom is -0.506 e. The van der Waals surface area contributed by atoms with E-state index in [4.69, 9.17) is 0 Å². The Bertz CT molecular complexity index is 1010. The predicted octanol–water partition coefficient (Wildman–Crippen LogP) is 2.82. The molecule has 0 aliphatic heterocycles. The Labute approximate surface area is 137 Å². The number of aliphatic imine (C=N–C) groups is 1. The van der Waals surface area contributed by atoms with Gasteiger partial charge in [0.15, 0.2) is 5.71 Å². The lowest BCUT2D eigenvalue weighted by Gasteiger charge is -2.00. The van der Waals surface area contributed by atoms with Crippen LogP contribution in [0.15, 0.2) is 64.4 Å². The van der Waals surface area contributed by atoms with E-state index in [1.807, 2.05) is 24.3 Å². The SMILES string of the molecule is Cc1[nH]n(-c2ccccc2)c(=O)c1C(C#N)=Nc1ccccc1O. The molecule has 0 saturated heterocycles. The maximum atomic E-state index is 12.7. The van der Waals surface area contributed by atoms with Crippen molar-refractivity contribution in [2.24, 2.45) is 4.99 Å². The van der Waals surface area contributed by atoms with Gasteiger partial charge in [0.05, 0.1) is 11.3 Å². The molecular weight excluding hydrogens is 304 g/mol. The number of hydrogen-bond donors (Lipinski definition) is 2. The van der Waals surface area contributed by atoms with Crippen LogP contribution < -0.4 is 5.56 Å². The molecule has 118 valence electrons. The number of phenols is 1. The number of nitrogens with zero attached hydrogens (tertiary/aromatic N) is 3. The van der Waals surface area contributed by atoms with Crippen LogP contribution in [0, 0.1) is 18.3 Å². The summed E-state index contributed by atoms with van der Waals surface area (Å²) in [6, 6.07) is 17.4. The third kappa shape index (κ3) is 2.71. The minimum absolute atomic E-state index is 0.0510. The Morgan fingerprint density at radius 3 is 2.50 bits per heavy atom. The third-order valence-corrected chi connectivity index (χ3v) is 3.54. The van der Waals surface area contributed by atoms with Crippen LogP contribution in [-0.2, 0) is 0 Å². The molecule has 0 radical (unpaired) electrons. The number of aromatic hydroxyl groups is 1. The first-order valence-corrected chi connectivity index (χ1v) is 7.26. The topological polar surface area (TPSA) is 94.2 Å². The van der Waals surface area contributed by atoms with Crippen molar-refractivity contribution in [2.45, 2.75) is 6.92 Å². The van der Waals surface area contributed by atoms with Gasteiger partial charge in [0, 0.05) is 5.69 Å². The highest BCUT2D eigenvalue weighted by molar-refractivity contribution is 6.13. The summed E-state index contributed by atoms with van der Waals surface area (Å²) in [7, 11) is 0. The minimum atomic E-state index is -0.366. The van der Waals surface area contributed by atoms with Crippen LogP contribution in [-0.4, -0.2) is 20.6 Å². The molecular formula is C18H14N4O2. The van der Waals surface area contributed by atoms with Crippen molar-refractivity contribution >= 4 is 11.4 Å². The van der Waals surface area contributed by atoms with Crippen LogP contribution in [0.2, 0.25) is 0 Å². The van der Waals surface area contributed by atoms with Gasteiger partial charge in [0.25, 0.3) is 5.56 Å². The van der Waals surface area contributed by atoms with Gasteiger partial charge in [-0.3, -0.25) is 9.89 Å². The number of rotatable bonds is 3. The molecule has 2 aromatic carbocycles. The Balaban J connectivity index is 2.16. The highest BCUT2D eigenvalue weighted by atomic mass is 16.3. The van der Waals surface area contributed by atoms with E-state index in [1.54, 1.807) is 37.3 Å². The Kier molecular flexibility index (Phi) is 4.00. The molecule has 0 fully saturated rings. The van der Waals surface area contributed by atoms with E-state index in [0.29, 0.717) is 11.4 Å². The molecule has 24 heavy (non-hydrogen) atoms. The molecule has 0 aliphatic rings. The van der Waals surface area contributed by atoms with Crippen LogP contribution in [0.1, 0.15) is 11.3 Å². The van der Waals surface area contributed by atoms with E-state index < -0.39 is 0 Å². The van der Waals surface area contributed by atoms with E-state index in [2.05, 4.69) is 10.1 Å². The van der Waals surface area contributed by atoms with Crippen LogP contribution in [0.5, 0.6) is 5.75 Å². The van der Waals surface area contributed by atoms with Crippen LogP contribution in [0.25, 0.3) is 5.69 Å². The predicted molar refractivity (Wildman–Crippen MR) is 91.0 cm³/mol. The summed E-state index contributed by atoms with van der Waals surface area (Å²) in [5, 5.41) is 22.2. The molecule has 6 nitrogen and oxygen atoms in total. The maximum absolute atomic E-state index is 12.7. The average Bonchev–Trinajstić information content (AvgIpc) is 2.90. The number of para-hydroxylation sites is 3. The van der Waals surface area contributed by atoms with Crippen molar-refractivity contribution in [3.63, 3.8) is 0 Å². The van der Waals surface area contributed by atoms with E-state index >= 15 is 0 Å². The zero-order valence-electron chi connectivity index (χ0n) is 12.9. The number of benzene rings is 2. The molecule has 3 rings (SSSR count). The molecule has 3 aromatic rings. The third-order valence-electron chi connectivity index (χ3n) is 3.54. The van der Waals surface area contributed by atoms with Crippen molar-refractivity contribution in [1.82, 2.24) is 9.78 Å². The summed E-state index contributed by atoms with van der Waals surface area (Å²) >= 11 is 0. The molecule has 6 heteroatoms. The number of aryl methyl sites for hydroxylation is 1. The molecule has 0 saturated carbocycles. The first kappa shape index (κ1) is 15.3. The number of aromatic amines is 1. The Morgan fingerprint density at radius 2 is 1.83 bits per heavy atom. The van der Waals surface area contributed by atoms with Crippen molar-refractivity contribution < 1.29 is 5.11 Å². The standard InChI is InChI=1S/C18H14N4O2/c1-12-17(15(11-19)20-14-9-5-6-10-16(14)23)18(24)22(21-12)13-7-3-2-4-8-13/h2-10,21,23H,1H3. The van der Waals surface area contributed by atoms with Crippen molar-refractivity contribution in [2.75, 3.05) is 0 Å². The van der Waals surface area contributed by atoms with Crippen LogP contribution in [0.3, 0.4) is 0 Å². The molecule has 0 unspecified atom stereocenters. The molecule has 0 aliphatic carbocycles. The smallest absolute Gasteiger partial charge is 0.281 e. The first-order chi connectivity index (χ1) is 11.6. The highest BCUT2D eigenvalue weighted by Crippen LogP contribution is 2.25. The zero-order chi connectivity index (χ0) is 17.1. The molecule has 1 aromatic heterocycles. The van der Waals surface area contributed by atoms with Gasteiger partial charge in [-0.25, -0.2) is 9.67 Å². The van der Waals surface area contributed by atoms with Gasteiger partial charge in [-0.05, 0) is 31.2 Å². The second-order valence-electron chi connectivity index (χ2n) is 5.15. The number of phenolic OH excluding ortho intramolecular Hbond substituents is 1. The summed E-state index contributed by atoms with van der Waals surface area (Å²) in [6.45, 7) is 1.70. The highest BCUT2D eigenvalue weighted by Gasteiger charge is 2.18. The first-order valence-electron chi connectivity index (χ1n) is 7.26. The van der Waals surface area contributed by atoms with Crippen molar-refractivity contribution in [3.05, 3.63) is 76.2 Å². The van der Waals surface area contributed by atoms with Gasteiger partial charge in [0.1, 0.15) is 17.5 Å². The van der Waals surface area contributed by atoms with E-state index in [1.165, 1.54) is 10.7 Å². The quantitative estimate of drug-likeness (QED) is 0.727. The zero-order valence-corrected chi connectivity index (χ0v) is 12.9. The summed E-state index contributed by atoms with van der Waals surface area (Å²) in [5.41, 5.74) is 1.19. The van der Waals surface area contributed by atoms with Gasteiger partial charge in [-0.1, -0.05) is 30.3 Å². The second-order valence-corrected chi connectivity index (χ2v) is 5.15. The van der Waals surface area contributed by atoms with Gasteiger partial charge < -0.3 is 5.11 Å². The average molecular weight is 318 g/mol. The maximum Gasteiger partial charge on any atom is 0.281 e. The van der Waals surface area contributed by atoms with Gasteiger partial charge in [-0.2, -0.15) is 5.26 Å². The summed E-state index contributed by atoms with van der Waals surface area (Å²) < 4.78 is 1.36.